The summed E-state index contributed by atoms with van der Waals surface area (Å²) in [4.78, 5) is 11.2. The van der Waals surface area contributed by atoms with Crippen LogP contribution in [-0.4, -0.2) is 16.5 Å². The van der Waals surface area contributed by atoms with Crippen LogP contribution in [-0.2, 0) is 10.4 Å². The van der Waals surface area contributed by atoms with Crippen molar-refractivity contribution in [3.8, 4) is 5.75 Å². The maximum absolute atomic E-state index is 11.2. The van der Waals surface area contributed by atoms with Crippen LogP contribution < -0.4 is 0 Å². The number of hydrogen-bond acceptors (Lipinski definition) is 3. The minimum absolute atomic E-state index is 0.0926. The van der Waals surface area contributed by atoms with E-state index in [9.17, 15) is 15.0 Å². The molecule has 2 N–H and O–H groups in total. The fourth-order valence-corrected chi connectivity index (χ4v) is 1.71. The predicted molar refractivity (Wildman–Crippen MR) is 63.6 cm³/mol. The van der Waals surface area contributed by atoms with Gasteiger partial charge in [-0.05, 0) is 23.3 Å². The number of carbonyl (C=O) groups is 1. The molecule has 0 aliphatic heterocycles. The third-order valence-corrected chi connectivity index (χ3v) is 2.69. The lowest BCUT2D eigenvalue weighted by Gasteiger charge is -2.22. The zero-order valence-corrected chi connectivity index (χ0v) is 9.08. The molecule has 0 aliphatic rings. The van der Waals surface area contributed by atoms with Crippen LogP contribution in [0.1, 0.15) is 11.1 Å². The predicted octanol–water partition coefficient (Wildman–Crippen LogP) is 1.83. The molecule has 0 aliphatic carbocycles. The minimum atomic E-state index is -1.67. The van der Waals surface area contributed by atoms with Crippen LogP contribution in [0.2, 0.25) is 0 Å². The molecule has 0 spiro atoms. The van der Waals surface area contributed by atoms with Gasteiger partial charge in [0.2, 0.25) is 0 Å². The summed E-state index contributed by atoms with van der Waals surface area (Å²) >= 11 is 0. The van der Waals surface area contributed by atoms with E-state index in [0.29, 0.717) is 17.4 Å². The zero-order chi connectivity index (χ0) is 12.3. The lowest BCUT2D eigenvalue weighted by atomic mass is 9.88. The van der Waals surface area contributed by atoms with Gasteiger partial charge < -0.3 is 10.2 Å². The topological polar surface area (TPSA) is 57.5 Å². The maximum Gasteiger partial charge on any atom is 0.170 e. The van der Waals surface area contributed by atoms with Crippen molar-refractivity contribution in [2.45, 2.75) is 5.60 Å². The summed E-state index contributed by atoms with van der Waals surface area (Å²) in [6.45, 7) is 0. The van der Waals surface area contributed by atoms with E-state index in [-0.39, 0.29) is 5.75 Å². The highest BCUT2D eigenvalue weighted by Crippen LogP contribution is 2.28. The first-order valence-electron chi connectivity index (χ1n) is 5.20. The van der Waals surface area contributed by atoms with Gasteiger partial charge in [0.15, 0.2) is 11.9 Å². The molecular formula is C14H12O3. The van der Waals surface area contributed by atoms with Gasteiger partial charge in [0.25, 0.3) is 0 Å². The third-order valence-electron chi connectivity index (χ3n) is 2.69. The molecule has 0 amide bonds. The van der Waals surface area contributed by atoms with Crippen molar-refractivity contribution >= 4 is 6.29 Å². The van der Waals surface area contributed by atoms with Crippen LogP contribution >= 0.6 is 0 Å². The lowest BCUT2D eigenvalue weighted by Crippen LogP contribution is -2.28. The number of rotatable bonds is 3. The normalized spacial score (nSPS) is 13.9. The molecule has 3 heteroatoms. The van der Waals surface area contributed by atoms with Gasteiger partial charge in [-0.25, -0.2) is 0 Å². The van der Waals surface area contributed by atoms with Crippen LogP contribution in [0.4, 0.5) is 0 Å². The van der Waals surface area contributed by atoms with Crippen molar-refractivity contribution in [2.75, 3.05) is 0 Å². The molecule has 2 aromatic carbocycles. The molecule has 2 rings (SSSR count). The average molecular weight is 228 g/mol. The Morgan fingerprint density at radius 3 is 1.94 bits per heavy atom. The largest absolute Gasteiger partial charge is 0.508 e. The molecule has 0 saturated carbocycles. The molecule has 1 atom stereocenters. The molecule has 0 bridgehead atoms. The van der Waals surface area contributed by atoms with Gasteiger partial charge in [0, 0.05) is 0 Å². The third kappa shape index (κ3) is 2.05. The van der Waals surface area contributed by atoms with E-state index in [2.05, 4.69) is 0 Å². The molecule has 0 saturated heterocycles. The summed E-state index contributed by atoms with van der Waals surface area (Å²) in [6, 6.07) is 14.6. The van der Waals surface area contributed by atoms with Gasteiger partial charge in [0.1, 0.15) is 5.75 Å². The van der Waals surface area contributed by atoms with E-state index in [4.69, 9.17) is 0 Å². The average Bonchev–Trinajstić information content (AvgIpc) is 2.40. The van der Waals surface area contributed by atoms with Gasteiger partial charge in [0.05, 0.1) is 0 Å². The Bertz CT molecular complexity index is 505. The Morgan fingerprint density at radius 2 is 1.41 bits per heavy atom. The van der Waals surface area contributed by atoms with Crippen LogP contribution in [0.25, 0.3) is 0 Å². The molecule has 0 aromatic heterocycles. The van der Waals surface area contributed by atoms with Crippen LogP contribution in [0.5, 0.6) is 5.75 Å². The smallest absolute Gasteiger partial charge is 0.170 e. The van der Waals surface area contributed by atoms with Gasteiger partial charge in [-0.3, -0.25) is 4.79 Å². The van der Waals surface area contributed by atoms with Crippen LogP contribution in [0, 0.1) is 0 Å². The SMILES string of the molecule is O=CC(O)(c1ccccc1)c1ccc(O)cc1. The first-order valence-corrected chi connectivity index (χ1v) is 5.20. The lowest BCUT2D eigenvalue weighted by molar-refractivity contribution is -0.121. The molecular weight excluding hydrogens is 216 g/mol. The number of benzene rings is 2. The number of aldehydes is 1. The second kappa shape index (κ2) is 4.39. The minimum Gasteiger partial charge on any atom is -0.508 e. The first-order chi connectivity index (χ1) is 8.16. The van der Waals surface area contributed by atoms with E-state index < -0.39 is 5.60 Å². The van der Waals surface area contributed by atoms with E-state index in [0.717, 1.165) is 0 Å². The maximum atomic E-state index is 11.2. The summed E-state index contributed by atoms with van der Waals surface area (Å²) in [7, 11) is 0. The van der Waals surface area contributed by atoms with Gasteiger partial charge >= 0.3 is 0 Å². The summed E-state index contributed by atoms with van der Waals surface area (Å²) < 4.78 is 0. The van der Waals surface area contributed by atoms with Crippen molar-refractivity contribution in [2.24, 2.45) is 0 Å². The van der Waals surface area contributed by atoms with E-state index >= 15 is 0 Å². The Hall–Kier alpha value is -2.13. The summed E-state index contributed by atoms with van der Waals surface area (Å²) in [5.41, 5.74) is -0.744. The standard InChI is InChI=1S/C14H12O3/c15-10-14(17,11-4-2-1-3-5-11)12-6-8-13(16)9-7-12/h1-10,16-17H. The highest BCUT2D eigenvalue weighted by atomic mass is 16.3. The molecule has 0 heterocycles. The zero-order valence-electron chi connectivity index (χ0n) is 9.08. The molecule has 3 nitrogen and oxygen atoms in total. The molecule has 86 valence electrons. The van der Waals surface area contributed by atoms with Crippen molar-refractivity contribution in [1.29, 1.82) is 0 Å². The van der Waals surface area contributed by atoms with Crippen LogP contribution in [0.15, 0.2) is 54.6 Å². The van der Waals surface area contributed by atoms with Crippen molar-refractivity contribution in [3.63, 3.8) is 0 Å². The monoisotopic (exact) mass is 228 g/mol. The number of hydrogen-bond donors (Lipinski definition) is 2. The van der Waals surface area contributed by atoms with Gasteiger partial charge in [-0.1, -0.05) is 42.5 Å². The van der Waals surface area contributed by atoms with Gasteiger partial charge in [-0.2, -0.15) is 0 Å². The van der Waals surface area contributed by atoms with Gasteiger partial charge in [-0.15, -0.1) is 0 Å². The Morgan fingerprint density at radius 1 is 0.882 bits per heavy atom. The number of phenols is 1. The molecule has 0 radical (unpaired) electrons. The molecule has 1 unspecified atom stereocenters. The molecule has 2 aromatic rings. The summed E-state index contributed by atoms with van der Waals surface area (Å²) in [5, 5.41) is 19.6. The number of phenolic OH excluding ortho intramolecular Hbond substituents is 1. The Balaban J connectivity index is 2.51. The summed E-state index contributed by atoms with van der Waals surface area (Å²) in [5.74, 6) is 0.0926. The van der Waals surface area contributed by atoms with E-state index in [1.54, 1.807) is 24.3 Å². The fourth-order valence-electron chi connectivity index (χ4n) is 1.71. The van der Waals surface area contributed by atoms with E-state index in [1.807, 2.05) is 6.07 Å². The van der Waals surface area contributed by atoms with Crippen LogP contribution in [0.3, 0.4) is 0 Å². The van der Waals surface area contributed by atoms with Crippen molar-refractivity contribution in [3.05, 3.63) is 65.7 Å². The van der Waals surface area contributed by atoms with Crippen molar-refractivity contribution in [1.82, 2.24) is 0 Å². The highest BCUT2D eigenvalue weighted by Gasteiger charge is 2.30. The van der Waals surface area contributed by atoms with Crippen molar-refractivity contribution < 1.29 is 15.0 Å². The first kappa shape index (κ1) is 11.4. The second-order valence-corrected chi connectivity index (χ2v) is 3.80. The number of aromatic hydroxyl groups is 1. The highest BCUT2D eigenvalue weighted by molar-refractivity contribution is 5.72. The second-order valence-electron chi connectivity index (χ2n) is 3.80. The Labute approximate surface area is 99.0 Å². The quantitative estimate of drug-likeness (QED) is 0.788. The van der Waals surface area contributed by atoms with E-state index in [1.165, 1.54) is 24.3 Å². The number of carbonyl (C=O) groups excluding carboxylic acids is 1. The Kier molecular flexibility index (Phi) is 2.93. The summed E-state index contributed by atoms with van der Waals surface area (Å²) in [6.07, 6.45) is 0.495. The number of aliphatic hydroxyl groups is 1. The molecule has 0 fully saturated rings. The molecule has 17 heavy (non-hydrogen) atoms. The fraction of sp³-hybridized carbons (Fsp3) is 0.0714.